The van der Waals surface area contributed by atoms with Crippen LogP contribution in [0.1, 0.15) is 74.1 Å². The van der Waals surface area contributed by atoms with Crippen molar-refractivity contribution in [3.8, 4) is 0 Å². The quantitative estimate of drug-likeness (QED) is 0.286. The molecular formula is C37H58O15. The molecule has 18 atom stereocenters. The highest BCUT2D eigenvalue weighted by Crippen LogP contribution is 2.43. The summed E-state index contributed by atoms with van der Waals surface area (Å²) in [5, 5.41) is 22.0. The first-order valence-corrected chi connectivity index (χ1v) is 18.6. The molecule has 0 aromatic heterocycles. The maximum Gasteiger partial charge on any atom is 0.509 e. The third kappa shape index (κ3) is 8.84. The summed E-state index contributed by atoms with van der Waals surface area (Å²) in [6.07, 6.45) is -5.57. The average molecular weight is 743 g/mol. The fourth-order valence-electron chi connectivity index (χ4n) is 8.32. The number of fused-ring (bicyclic) bond motifs is 1. The number of hydrogen-bond donors (Lipinski definition) is 2. The van der Waals surface area contributed by atoms with Crippen LogP contribution in [-0.4, -0.2) is 134 Å². The molecule has 296 valence electrons. The fraction of sp³-hybridized carbons (Fsp3) is 0.865. The van der Waals surface area contributed by atoms with Gasteiger partial charge in [0.05, 0.1) is 37.1 Å². The second kappa shape index (κ2) is 17.1. The summed E-state index contributed by atoms with van der Waals surface area (Å²) in [5.74, 6) is -1.81. The Kier molecular flexibility index (Phi) is 13.4. The van der Waals surface area contributed by atoms with Crippen molar-refractivity contribution in [3.63, 3.8) is 0 Å². The number of ether oxygens (including phenoxy) is 10. The van der Waals surface area contributed by atoms with Crippen LogP contribution in [-0.2, 0) is 57.0 Å². The predicted octanol–water partition coefficient (Wildman–Crippen LogP) is 2.85. The summed E-state index contributed by atoms with van der Waals surface area (Å²) in [6, 6.07) is 0. The van der Waals surface area contributed by atoms with Crippen molar-refractivity contribution in [2.24, 2.45) is 23.7 Å². The lowest BCUT2D eigenvalue weighted by Gasteiger charge is -2.46. The van der Waals surface area contributed by atoms with E-state index in [2.05, 4.69) is 0 Å². The number of rotatable bonds is 7. The molecule has 2 N–H and O–H groups in total. The van der Waals surface area contributed by atoms with E-state index >= 15 is 0 Å². The first-order valence-electron chi connectivity index (χ1n) is 18.6. The number of Topliss-reactive ketones (excluding diaryl/α,β-unsaturated/α-hetero) is 1. The van der Waals surface area contributed by atoms with Gasteiger partial charge in [-0.2, -0.15) is 0 Å². The zero-order valence-corrected chi connectivity index (χ0v) is 31.7. The number of epoxide rings is 1. The lowest BCUT2D eigenvalue weighted by molar-refractivity contribution is -0.308. The Bertz CT molecular complexity index is 1280. The van der Waals surface area contributed by atoms with Crippen LogP contribution in [0, 0.1) is 23.7 Å². The van der Waals surface area contributed by atoms with Gasteiger partial charge in [0.1, 0.15) is 42.4 Å². The number of esters is 1. The van der Waals surface area contributed by atoms with Gasteiger partial charge in [-0.15, -0.1) is 0 Å². The van der Waals surface area contributed by atoms with Crippen LogP contribution in [0.5, 0.6) is 0 Å². The number of aliphatic hydroxyl groups is 2. The Morgan fingerprint density at radius 2 is 1.58 bits per heavy atom. The minimum atomic E-state index is -1.35. The highest BCUT2D eigenvalue weighted by Gasteiger charge is 2.61. The van der Waals surface area contributed by atoms with E-state index in [1.807, 2.05) is 20.8 Å². The van der Waals surface area contributed by atoms with Crippen LogP contribution < -0.4 is 0 Å². The molecule has 52 heavy (non-hydrogen) atoms. The lowest BCUT2D eigenvalue weighted by Crippen LogP contribution is -2.62. The standard InChI is InChI=1S/C37H58O15/c1-17-10-13-27(39)47-21(5)24(16-45-34-32(44-9)31(43-8)28(40)22(6)48-34)30-26(50-30)12-11-25(38)18(2)14-19(3)29(17)51-35-33(41)37(15-20(4)46-35)23(7)49-36(42)52-37/h10,13,17-24,26,28-35,40-41H,11-12,14-16H2,1-9H3/b13-10-/t17-,18+,19+,20+,21+,22+,23-,24-,26-,28+,29-,30+,31+,32+,33-,34+,35-,37-/m0/s1. The Labute approximate surface area is 305 Å². The first-order chi connectivity index (χ1) is 24.6. The number of methoxy groups -OCH3 is 2. The first kappa shape index (κ1) is 41.0. The Morgan fingerprint density at radius 3 is 2.23 bits per heavy atom. The van der Waals surface area contributed by atoms with Crippen LogP contribution in [0.25, 0.3) is 0 Å². The van der Waals surface area contributed by atoms with E-state index in [9.17, 15) is 24.6 Å². The Balaban J connectivity index is 1.33. The molecule has 15 heteroatoms. The van der Waals surface area contributed by atoms with Gasteiger partial charge in [-0.05, 0) is 46.5 Å². The second-order valence-electron chi connectivity index (χ2n) is 15.3. The molecule has 4 fully saturated rings. The molecule has 0 radical (unpaired) electrons. The maximum absolute atomic E-state index is 13.4. The lowest BCUT2D eigenvalue weighted by atomic mass is 9.82. The molecule has 0 aromatic carbocycles. The number of ketones is 1. The smallest absolute Gasteiger partial charge is 0.459 e. The zero-order chi connectivity index (χ0) is 38.1. The van der Waals surface area contributed by atoms with Crippen LogP contribution in [0.3, 0.4) is 0 Å². The van der Waals surface area contributed by atoms with E-state index in [4.69, 9.17) is 47.4 Å². The number of carbonyl (C=O) groups is 3. The van der Waals surface area contributed by atoms with Crippen molar-refractivity contribution in [1.29, 1.82) is 0 Å². The number of cyclic esters (lactones) is 2. The molecule has 5 aliphatic rings. The third-order valence-corrected chi connectivity index (χ3v) is 11.5. The van der Waals surface area contributed by atoms with Gasteiger partial charge in [0.2, 0.25) is 0 Å². The van der Waals surface area contributed by atoms with Gasteiger partial charge in [0.15, 0.2) is 18.2 Å². The summed E-state index contributed by atoms with van der Waals surface area (Å²) in [4.78, 5) is 38.8. The van der Waals surface area contributed by atoms with Crippen molar-refractivity contribution in [3.05, 3.63) is 12.2 Å². The molecular weight excluding hydrogens is 684 g/mol. The van der Waals surface area contributed by atoms with Crippen molar-refractivity contribution >= 4 is 17.9 Å². The monoisotopic (exact) mass is 742 g/mol. The zero-order valence-electron chi connectivity index (χ0n) is 31.7. The average Bonchev–Trinajstić information content (AvgIpc) is 3.79. The van der Waals surface area contributed by atoms with Crippen LogP contribution in [0.2, 0.25) is 0 Å². The maximum atomic E-state index is 13.4. The highest BCUT2D eigenvalue weighted by molar-refractivity contribution is 5.82. The largest absolute Gasteiger partial charge is 0.509 e. The molecule has 5 heterocycles. The Hall–Kier alpha value is -2.21. The van der Waals surface area contributed by atoms with Gasteiger partial charge in [-0.1, -0.05) is 26.8 Å². The molecule has 0 bridgehead atoms. The van der Waals surface area contributed by atoms with Gasteiger partial charge >= 0.3 is 12.1 Å². The van der Waals surface area contributed by atoms with Crippen LogP contribution in [0.4, 0.5) is 4.79 Å². The molecule has 0 amide bonds. The fourth-order valence-corrected chi connectivity index (χ4v) is 8.32. The van der Waals surface area contributed by atoms with E-state index in [1.165, 1.54) is 20.3 Å². The minimum Gasteiger partial charge on any atom is -0.459 e. The molecule has 15 nitrogen and oxygen atoms in total. The van der Waals surface area contributed by atoms with E-state index in [0.29, 0.717) is 19.3 Å². The van der Waals surface area contributed by atoms with Crippen LogP contribution >= 0.6 is 0 Å². The SMILES string of the molecule is CO[C@@H]1[C@H](O)[C@@H](C)O[C@@H](OC[C@@H]2[C@H]3O[C@H]3CCC(=O)[C@H](C)C[C@@H](C)[C@@H](O[C@@H]3O[C@H](C)C[C@@]4(OC(=O)O[C@H]4C)[C@H]3O)[C@@H](C)/C=C\C(=O)O[C@@H]2C)[C@@H]1OC. The Morgan fingerprint density at radius 1 is 0.865 bits per heavy atom. The summed E-state index contributed by atoms with van der Waals surface area (Å²) in [7, 11) is 2.97. The predicted molar refractivity (Wildman–Crippen MR) is 181 cm³/mol. The van der Waals surface area contributed by atoms with Gasteiger partial charge < -0.3 is 57.6 Å². The minimum absolute atomic E-state index is 0.0832. The van der Waals surface area contributed by atoms with Crippen LogP contribution in [0.15, 0.2) is 12.2 Å². The molecule has 4 saturated heterocycles. The molecule has 5 rings (SSSR count). The summed E-state index contributed by atoms with van der Waals surface area (Å²) in [6.45, 7) is 12.8. The summed E-state index contributed by atoms with van der Waals surface area (Å²) >= 11 is 0. The van der Waals surface area contributed by atoms with E-state index in [-0.39, 0.29) is 42.9 Å². The van der Waals surface area contributed by atoms with E-state index in [0.717, 1.165) is 0 Å². The van der Waals surface area contributed by atoms with Gasteiger partial charge in [0.25, 0.3) is 0 Å². The van der Waals surface area contributed by atoms with Crippen molar-refractivity contribution in [2.75, 3.05) is 20.8 Å². The van der Waals surface area contributed by atoms with Crippen molar-refractivity contribution in [1.82, 2.24) is 0 Å². The van der Waals surface area contributed by atoms with E-state index < -0.39 is 97.1 Å². The van der Waals surface area contributed by atoms with Crippen molar-refractivity contribution in [2.45, 2.75) is 159 Å². The molecule has 0 aliphatic carbocycles. The van der Waals surface area contributed by atoms with Crippen molar-refractivity contribution < 1.29 is 72.0 Å². The summed E-state index contributed by atoms with van der Waals surface area (Å²) < 4.78 is 58.6. The number of aliphatic hydroxyl groups excluding tert-OH is 2. The van der Waals surface area contributed by atoms with E-state index in [1.54, 1.807) is 33.8 Å². The normalized spacial score (nSPS) is 48.4. The molecule has 0 aromatic rings. The van der Waals surface area contributed by atoms with Gasteiger partial charge in [-0.25, -0.2) is 9.59 Å². The molecule has 1 spiro atoms. The topological polar surface area (TPSA) is 187 Å². The molecule has 0 unspecified atom stereocenters. The second-order valence-corrected chi connectivity index (χ2v) is 15.3. The third-order valence-electron chi connectivity index (χ3n) is 11.5. The highest BCUT2D eigenvalue weighted by atomic mass is 16.8. The number of hydrogen-bond acceptors (Lipinski definition) is 15. The molecule has 5 aliphatic heterocycles. The summed E-state index contributed by atoms with van der Waals surface area (Å²) in [5.41, 5.74) is -1.34. The van der Waals surface area contributed by atoms with Gasteiger partial charge in [0, 0.05) is 50.9 Å². The van der Waals surface area contributed by atoms with Gasteiger partial charge in [-0.3, -0.25) is 4.79 Å². The molecule has 0 saturated carbocycles. The number of carbonyl (C=O) groups excluding carboxylic acids is 3.